The fraction of sp³-hybridized carbons (Fsp3) is 0.250. The van der Waals surface area contributed by atoms with Gasteiger partial charge >= 0.3 is 0 Å². The number of furan rings is 1. The molecule has 0 unspecified atom stereocenters. The summed E-state index contributed by atoms with van der Waals surface area (Å²) in [5.74, 6) is 1.93. The Morgan fingerprint density at radius 1 is 1.29 bits per heavy atom. The fourth-order valence-corrected chi connectivity index (χ4v) is 2.35. The van der Waals surface area contributed by atoms with Crippen molar-refractivity contribution >= 4 is 5.78 Å². The van der Waals surface area contributed by atoms with E-state index in [0.717, 1.165) is 12.8 Å². The van der Waals surface area contributed by atoms with Crippen LogP contribution in [0.5, 0.6) is 0 Å². The van der Waals surface area contributed by atoms with Gasteiger partial charge in [0.15, 0.2) is 5.76 Å². The normalized spacial score (nSPS) is 14.4. The maximum absolute atomic E-state index is 5.30. The minimum absolute atomic E-state index is 0.600. The Morgan fingerprint density at radius 3 is 3.18 bits per heavy atom. The average Bonchev–Trinajstić information content (AvgIpc) is 3.08. The summed E-state index contributed by atoms with van der Waals surface area (Å²) in [5.41, 5.74) is 2.52. The van der Waals surface area contributed by atoms with Crippen LogP contribution >= 0.6 is 0 Å². The van der Waals surface area contributed by atoms with Crippen LogP contribution in [0.2, 0.25) is 0 Å². The molecule has 4 rings (SSSR count). The Balaban J connectivity index is 1.99. The second kappa shape index (κ2) is 3.16. The van der Waals surface area contributed by atoms with Gasteiger partial charge in [-0.3, -0.25) is 0 Å². The smallest absolute Gasteiger partial charge is 0.253 e. The average molecular weight is 226 g/mol. The molecular weight excluding hydrogens is 216 g/mol. The Labute approximate surface area is 97.1 Å². The van der Waals surface area contributed by atoms with Gasteiger partial charge in [-0.15, -0.1) is 5.10 Å². The molecule has 3 aromatic rings. The highest BCUT2D eigenvalue weighted by molar-refractivity contribution is 5.50. The van der Waals surface area contributed by atoms with E-state index in [1.165, 1.54) is 17.7 Å². The molecule has 0 aliphatic heterocycles. The molecule has 1 aliphatic carbocycles. The highest BCUT2D eigenvalue weighted by atomic mass is 16.3. The molecule has 1 aliphatic rings. The summed E-state index contributed by atoms with van der Waals surface area (Å²) in [6.07, 6.45) is 6.85. The van der Waals surface area contributed by atoms with Crippen LogP contribution in [0.3, 0.4) is 0 Å². The van der Waals surface area contributed by atoms with E-state index in [-0.39, 0.29) is 0 Å². The first kappa shape index (κ1) is 8.92. The summed E-state index contributed by atoms with van der Waals surface area (Å²) in [6, 6.07) is 3.69. The molecule has 5 heteroatoms. The molecule has 0 fully saturated rings. The fourth-order valence-electron chi connectivity index (χ4n) is 2.35. The number of aryl methyl sites for hydroxylation is 2. The van der Waals surface area contributed by atoms with Crippen molar-refractivity contribution in [2.24, 2.45) is 0 Å². The third-order valence-electron chi connectivity index (χ3n) is 3.15. The first-order chi connectivity index (χ1) is 8.42. The number of hydrogen-bond acceptors (Lipinski definition) is 4. The summed E-state index contributed by atoms with van der Waals surface area (Å²) < 4.78 is 7.15. The monoisotopic (exact) mass is 226 g/mol. The minimum Gasteiger partial charge on any atom is -0.461 e. The molecule has 0 atom stereocenters. The van der Waals surface area contributed by atoms with Crippen LogP contribution in [0.4, 0.5) is 0 Å². The zero-order chi connectivity index (χ0) is 11.2. The molecule has 84 valence electrons. The number of fused-ring (bicyclic) bond motifs is 3. The van der Waals surface area contributed by atoms with Gasteiger partial charge in [0.25, 0.3) is 5.78 Å². The second-order valence-electron chi connectivity index (χ2n) is 4.21. The van der Waals surface area contributed by atoms with Crippen molar-refractivity contribution in [3.63, 3.8) is 0 Å². The zero-order valence-electron chi connectivity index (χ0n) is 9.13. The lowest BCUT2D eigenvalue weighted by Crippen LogP contribution is -1.99. The molecular formula is C12H10N4O. The summed E-state index contributed by atoms with van der Waals surface area (Å²) in [5, 5.41) is 4.48. The van der Waals surface area contributed by atoms with Crippen LogP contribution in [0.15, 0.2) is 29.0 Å². The summed E-state index contributed by atoms with van der Waals surface area (Å²) in [7, 11) is 0. The standard InChI is InChI=1S/C12H10N4O/c1-3-8-7-13-12-14-11(10-5-2-6-17-10)15-16(12)9(8)4-1/h2,5-7H,1,3-4H2. The van der Waals surface area contributed by atoms with Crippen LogP contribution in [-0.4, -0.2) is 19.6 Å². The van der Waals surface area contributed by atoms with Crippen molar-refractivity contribution in [2.45, 2.75) is 19.3 Å². The van der Waals surface area contributed by atoms with Gasteiger partial charge in [0.05, 0.1) is 12.0 Å². The third-order valence-corrected chi connectivity index (χ3v) is 3.15. The first-order valence-corrected chi connectivity index (χ1v) is 5.69. The zero-order valence-corrected chi connectivity index (χ0v) is 9.13. The first-order valence-electron chi connectivity index (χ1n) is 5.69. The van der Waals surface area contributed by atoms with Crippen molar-refractivity contribution < 1.29 is 4.42 Å². The van der Waals surface area contributed by atoms with Crippen molar-refractivity contribution in [2.75, 3.05) is 0 Å². The molecule has 0 amide bonds. The van der Waals surface area contributed by atoms with Gasteiger partial charge in [0.1, 0.15) is 0 Å². The van der Waals surface area contributed by atoms with Gasteiger partial charge in [0, 0.05) is 6.20 Å². The number of nitrogens with zero attached hydrogens (tertiary/aromatic N) is 4. The topological polar surface area (TPSA) is 56.2 Å². The number of aromatic nitrogens is 4. The molecule has 0 radical (unpaired) electrons. The van der Waals surface area contributed by atoms with E-state index in [1.54, 1.807) is 6.26 Å². The van der Waals surface area contributed by atoms with E-state index in [1.807, 2.05) is 22.8 Å². The third kappa shape index (κ3) is 1.22. The molecule has 3 heterocycles. The van der Waals surface area contributed by atoms with Gasteiger partial charge in [-0.25, -0.2) is 9.50 Å². The van der Waals surface area contributed by atoms with E-state index < -0.39 is 0 Å². The Hall–Kier alpha value is -2.17. The van der Waals surface area contributed by atoms with E-state index in [9.17, 15) is 0 Å². The van der Waals surface area contributed by atoms with E-state index in [0.29, 0.717) is 17.4 Å². The number of rotatable bonds is 1. The van der Waals surface area contributed by atoms with Gasteiger partial charge in [-0.05, 0) is 37.0 Å². The maximum Gasteiger partial charge on any atom is 0.253 e. The van der Waals surface area contributed by atoms with E-state index in [4.69, 9.17) is 4.42 Å². The maximum atomic E-state index is 5.30. The lowest BCUT2D eigenvalue weighted by molar-refractivity contribution is 0.577. The van der Waals surface area contributed by atoms with Crippen molar-refractivity contribution in [3.8, 4) is 11.6 Å². The van der Waals surface area contributed by atoms with E-state index >= 15 is 0 Å². The van der Waals surface area contributed by atoms with E-state index in [2.05, 4.69) is 15.1 Å². The van der Waals surface area contributed by atoms with Crippen LogP contribution in [-0.2, 0) is 12.8 Å². The molecule has 0 N–H and O–H groups in total. The summed E-state index contributed by atoms with van der Waals surface area (Å²) >= 11 is 0. The quantitative estimate of drug-likeness (QED) is 0.635. The molecule has 0 bridgehead atoms. The Bertz CT molecular complexity index is 684. The molecule has 0 saturated heterocycles. The SMILES string of the molecule is c1coc(-c2nc3ncc4c(n3n2)CCC4)c1. The Morgan fingerprint density at radius 2 is 2.29 bits per heavy atom. The molecule has 17 heavy (non-hydrogen) atoms. The van der Waals surface area contributed by atoms with Crippen LogP contribution in [0.1, 0.15) is 17.7 Å². The van der Waals surface area contributed by atoms with Crippen LogP contribution in [0, 0.1) is 0 Å². The van der Waals surface area contributed by atoms with Crippen molar-refractivity contribution in [1.82, 2.24) is 19.6 Å². The molecule has 0 saturated carbocycles. The van der Waals surface area contributed by atoms with Gasteiger partial charge in [-0.1, -0.05) is 0 Å². The highest BCUT2D eigenvalue weighted by Crippen LogP contribution is 2.23. The summed E-state index contributed by atoms with van der Waals surface area (Å²) in [4.78, 5) is 8.71. The molecule has 0 aromatic carbocycles. The lowest BCUT2D eigenvalue weighted by Gasteiger charge is -1.98. The molecule has 0 spiro atoms. The minimum atomic E-state index is 0.600. The lowest BCUT2D eigenvalue weighted by atomic mass is 10.3. The van der Waals surface area contributed by atoms with Gasteiger partial charge < -0.3 is 4.42 Å². The van der Waals surface area contributed by atoms with Gasteiger partial charge in [0.2, 0.25) is 5.82 Å². The second-order valence-corrected chi connectivity index (χ2v) is 4.21. The number of hydrogen-bond donors (Lipinski definition) is 0. The van der Waals surface area contributed by atoms with Crippen LogP contribution in [0.25, 0.3) is 17.4 Å². The van der Waals surface area contributed by atoms with Crippen molar-refractivity contribution in [3.05, 3.63) is 35.9 Å². The van der Waals surface area contributed by atoms with Gasteiger partial charge in [-0.2, -0.15) is 4.98 Å². The molecule has 3 aromatic heterocycles. The molecule has 5 nitrogen and oxygen atoms in total. The van der Waals surface area contributed by atoms with Crippen molar-refractivity contribution in [1.29, 1.82) is 0 Å². The van der Waals surface area contributed by atoms with Crippen LogP contribution < -0.4 is 0 Å². The predicted octanol–water partition coefficient (Wildman–Crippen LogP) is 1.87. The largest absolute Gasteiger partial charge is 0.461 e. The summed E-state index contributed by atoms with van der Waals surface area (Å²) in [6.45, 7) is 0. The predicted molar refractivity (Wildman–Crippen MR) is 60.5 cm³/mol. The Kier molecular flexibility index (Phi) is 1.66. The highest BCUT2D eigenvalue weighted by Gasteiger charge is 2.18.